The molecule has 2 rings (SSSR count). The number of aliphatic carboxylic acids is 1. The van der Waals surface area contributed by atoms with Gasteiger partial charge in [0.1, 0.15) is 0 Å². The highest BCUT2D eigenvalue weighted by atomic mass is 16.4. The quantitative estimate of drug-likeness (QED) is 0.751. The van der Waals surface area contributed by atoms with Gasteiger partial charge in [-0.05, 0) is 48.8 Å². The van der Waals surface area contributed by atoms with Crippen molar-refractivity contribution in [2.75, 3.05) is 6.54 Å². The van der Waals surface area contributed by atoms with Crippen LogP contribution in [0.15, 0.2) is 30.9 Å². The number of hydrogen-bond acceptors (Lipinski definition) is 2. The smallest absolute Gasteiger partial charge is 0.304 e. The van der Waals surface area contributed by atoms with Crippen molar-refractivity contribution in [3.63, 3.8) is 0 Å². The molecule has 1 unspecified atom stereocenters. The molecule has 1 aliphatic carbocycles. The van der Waals surface area contributed by atoms with Crippen LogP contribution in [0.2, 0.25) is 0 Å². The summed E-state index contributed by atoms with van der Waals surface area (Å²) in [4.78, 5) is 10.9. The van der Waals surface area contributed by atoms with E-state index in [0.717, 1.165) is 12.8 Å². The van der Waals surface area contributed by atoms with E-state index >= 15 is 0 Å². The van der Waals surface area contributed by atoms with Crippen molar-refractivity contribution in [2.45, 2.75) is 44.6 Å². The maximum absolute atomic E-state index is 10.9. The molecule has 1 atom stereocenters. The van der Waals surface area contributed by atoms with Gasteiger partial charge < -0.3 is 10.4 Å². The third-order valence-electron chi connectivity index (χ3n) is 3.87. The Hall–Kier alpha value is -1.61. The largest absolute Gasteiger partial charge is 0.481 e. The number of carboxylic acid groups (broad SMARTS) is 1. The van der Waals surface area contributed by atoms with Crippen molar-refractivity contribution in [3.05, 3.63) is 47.5 Å². The standard InChI is InChI=1S/C17H23NO2/c1-2-9-18-16(12-17(19)20)11-13-7-8-14-5-3-4-6-15(14)10-13/h2,7-8,10,16,18H,1,3-6,9,11-12H2,(H,19,20). The molecule has 0 fully saturated rings. The summed E-state index contributed by atoms with van der Waals surface area (Å²) in [5, 5.41) is 12.2. The number of rotatable bonds is 7. The molecule has 0 spiro atoms. The molecular weight excluding hydrogens is 250 g/mol. The van der Waals surface area contributed by atoms with Gasteiger partial charge in [-0.2, -0.15) is 0 Å². The van der Waals surface area contributed by atoms with Crippen LogP contribution in [0.5, 0.6) is 0 Å². The fourth-order valence-electron chi connectivity index (χ4n) is 2.88. The molecule has 1 aromatic carbocycles. The Morgan fingerprint density at radius 1 is 1.35 bits per heavy atom. The molecule has 20 heavy (non-hydrogen) atoms. The fourth-order valence-corrected chi connectivity index (χ4v) is 2.88. The van der Waals surface area contributed by atoms with Gasteiger partial charge in [0.25, 0.3) is 0 Å². The van der Waals surface area contributed by atoms with Gasteiger partial charge in [-0.1, -0.05) is 24.3 Å². The van der Waals surface area contributed by atoms with Crippen LogP contribution < -0.4 is 5.32 Å². The number of carbonyl (C=O) groups is 1. The maximum Gasteiger partial charge on any atom is 0.304 e. The zero-order valence-electron chi connectivity index (χ0n) is 11.9. The minimum atomic E-state index is -0.760. The van der Waals surface area contributed by atoms with E-state index in [0.29, 0.717) is 6.54 Å². The van der Waals surface area contributed by atoms with E-state index < -0.39 is 5.97 Å². The van der Waals surface area contributed by atoms with Crippen LogP contribution in [0.4, 0.5) is 0 Å². The summed E-state index contributed by atoms with van der Waals surface area (Å²) in [5.41, 5.74) is 4.15. The number of hydrogen-bond donors (Lipinski definition) is 2. The van der Waals surface area contributed by atoms with Crippen molar-refractivity contribution in [2.24, 2.45) is 0 Å². The minimum Gasteiger partial charge on any atom is -0.481 e. The number of fused-ring (bicyclic) bond motifs is 1. The van der Waals surface area contributed by atoms with E-state index in [1.165, 1.54) is 36.0 Å². The number of carboxylic acids is 1. The first-order valence-electron chi connectivity index (χ1n) is 7.36. The lowest BCUT2D eigenvalue weighted by Gasteiger charge is -2.19. The molecule has 0 aromatic heterocycles. The summed E-state index contributed by atoms with van der Waals surface area (Å²) < 4.78 is 0. The summed E-state index contributed by atoms with van der Waals surface area (Å²) in [5.74, 6) is -0.760. The molecule has 3 heteroatoms. The first kappa shape index (κ1) is 14.8. The third kappa shape index (κ3) is 4.20. The highest BCUT2D eigenvalue weighted by Gasteiger charge is 2.15. The second kappa shape index (κ2) is 7.25. The lowest BCUT2D eigenvalue weighted by Crippen LogP contribution is -2.33. The van der Waals surface area contributed by atoms with Crippen molar-refractivity contribution >= 4 is 5.97 Å². The summed E-state index contributed by atoms with van der Waals surface area (Å²) in [7, 11) is 0. The van der Waals surface area contributed by atoms with Crippen molar-refractivity contribution < 1.29 is 9.90 Å². The first-order valence-corrected chi connectivity index (χ1v) is 7.36. The van der Waals surface area contributed by atoms with Gasteiger partial charge in [-0.3, -0.25) is 4.79 Å². The molecule has 108 valence electrons. The van der Waals surface area contributed by atoms with Crippen molar-refractivity contribution in [3.8, 4) is 0 Å². The lowest BCUT2D eigenvalue weighted by atomic mass is 9.89. The summed E-state index contributed by atoms with van der Waals surface area (Å²) in [6.07, 6.45) is 7.56. The Kier molecular flexibility index (Phi) is 5.36. The van der Waals surface area contributed by atoms with Crippen LogP contribution >= 0.6 is 0 Å². The lowest BCUT2D eigenvalue weighted by molar-refractivity contribution is -0.137. The maximum atomic E-state index is 10.9. The number of benzene rings is 1. The molecule has 2 N–H and O–H groups in total. The molecule has 1 aliphatic rings. The Morgan fingerprint density at radius 3 is 2.80 bits per heavy atom. The zero-order valence-corrected chi connectivity index (χ0v) is 11.9. The van der Waals surface area contributed by atoms with Crippen molar-refractivity contribution in [1.82, 2.24) is 5.32 Å². The molecular formula is C17H23NO2. The molecule has 0 radical (unpaired) electrons. The second-order valence-electron chi connectivity index (χ2n) is 5.51. The first-order chi connectivity index (χ1) is 9.69. The number of aryl methyl sites for hydroxylation is 2. The Balaban J connectivity index is 2.04. The van der Waals surface area contributed by atoms with Crippen LogP contribution in [0.1, 0.15) is 36.0 Å². The average Bonchev–Trinajstić information content (AvgIpc) is 2.44. The Bertz CT molecular complexity index is 482. The topological polar surface area (TPSA) is 49.3 Å². The Labute approximate surface area is 120 Å². The van der Waals surface area contributed by atoms with E-state index in [4.69, 9.17) is 5.11 Å². The molecule has 0 bridgehead atoms. The van der Waals surface area contributed by atoms with Gasteiger partial charge in [0, 0.05) is 12.6 Å². The number of nitrogens with one attached hydrogen (secondary N) is 1. The van der Waals surface area contributed by atoms with Gasteiger partial charge >= 0.3 is 5.97 Å². The predicted octanol–water partition coefficient (Wildman–Crippen LogP) is 2.73. The van der Waals surface area contributed by atoms with Gasteiger partial charge in [-0.25, -0.2) is 0 Å². The van der Waals surface area contributed by atoms with E-state index in [2.05, 4.69) is 30.1 Å². The average molecular weight is 273 g/mol. The third-order valence-corrected chi connectivity index (χ3v) is 3.87. The monoisotopic (exact) mass is 273 g/mol. The summed E-state index contributed by atoms with van der Waals surface area (Å²) >= 11 is 0. The highest BCUT2D eigenvalue weighted by Crippen LogP contribution is 2.23. The molecule has 3 nitrogen and oxygen atoms in total. The highest BCUT2D eigenvalue weighted by molar-refractivity contribution is 5.67. The second-order valence-corrected chi connectivity index (χ2v) is 5.51. The van der Waals surface area contributed by atoms with E-state index in [1.807, 2.05) is 0 Å². The summed E-state index contributed by atoms with van der Waals surface area (Å²) in [6, 6.07) is 6.59. The molecule has 0 saturated heterocycles. The minimum absolute atomic E-state index is 0.0351. The van der Waals surface area contributed by atoms with E-state index in [-0.39, 0.29) is 12.5 Å². The van der Waals surface area contributed by atoms with Crippen LogP contribution in [0, 0.1) is 0 Å². The molecule has 0 saturated carbocycles. The molecule has 0 amide bonds. The summed E-state index contributed by atoms with van der Waals surface area (Å²) in [6.45, 7) is 4.31. The fraction of sp³-hybridized carbons (Fsp3) is 0.471. The molecule has 0 aliphatic heterocycles. The molecule has 1 aromatic rings. The van der Waals surface area contributed by atoms with Gasteiger partial charge in [0.05, 0.1) is 6.42 Å². The molecule has 0 heterocycles. The van der Waals surface area contributed by atoms with Crippen molar-refractivity contribution in [1.29, 1.82) is 0 Å². The van der Waals surface area contributed by atoms with Crippen LogP contribution in [-0.2, 0) is 24.1 Å². The predicted molar refractivity (Wildman–Crippen MR) is 81.0 cm³/mol. The van der Waals surface area contributed by atoms with Gasteiger partial charge in [0.15, 0.2) is 0 Å². The van der Waals surface area contributed by atoms with Crippen LogP contribution in [0.25, 0.3) is 0 Å². The van der Waals surface area contributed by atoms with E-state index in [1.54, 1.807) is 6.08 Å². The van der Waals surface area contributed by atoms with E-state index in [9.17, 15) is 4.79 Å². The van der Waals surface area contributed by atoms with Crippen LogP contribution in [-0.4, -0.2) is 23.7 Å². The SMILES string of the molecule is C=CCNC(CC(=O)O)Cc1ccc2c(c1)CCCC2. The van der Waals surface area contributed by atoms with Crippen LogP contribution in [0.3, 0.4) is 0 Å². The zero-order chi connectivity index (χ0) is 14.4. The normalized spacial score (nSPS) is 15.4. The van der Waals surface area contributed by atoms with Gasteiger partial charge in [0.2, 0.25) is 0 Å². The Morgan fingerprint density at radius 2 is 2.10 bits per heavy atom. The van der Waals surface area contributed by atoms with Gasteiger partial charge in [-0.15, -0.1) is 6.58 Å².